The number of hydrogen-bond acceptors (Lipinski definition) is 3. The maximum Gasteiger partial charge on any atom is 0.303 e. The van der Waals surface area contributed by atoms with E-state index in [4.69, 9.17) is 9.63 Å². The number of carbonyl (C=O) groups is 1. The molecule has 0 fully saturated rings. The molecular formula is C14H12N2O3. The molecule has 0 amide bonds. The van der Waals surface area contributed by atoms with Crippen LogP contribution in [0.3, 0.4) is 0 Å². The fourth-order valence-electron chi connectivity index (χ4n) is 2.07. The highest BCUT2D eigenvalue weighted by Gasteiger charge is 2.12. The lowest BCUT2D eigenvalue weighted by molar-refractivity contribution is -0.136. The molecule has 0 radical (unpaired) electrons. The second kappa shape index (κ2) is 4.61. The molecule has 19 heavy (non-hydrogen) atoms. The van der Waals surface area contributed by atoms with E-state index in [9.17, 15) is 4.79 Å². The van der Waals surface area contributed by atoms with Crippen LogP contribution in [0.25, 0.3) is 22.2 Å². The summed E-state index contributed by atoms with van der Waals surface area (Å²) < 4.78 is 5.29. The molecule has 0 spiro atoms. The van der Waals surface area contributed by atoms with Gasteiger partial charge in [-0.2, -0.15) is 0 Å². The zero-order valence-corrected chi connectivity index (χ0v) is 10.1. The third kappa shape index (κ3) is 2.22. The Bertz CT molecular complexity index is 727. The van der Waals surface area contributed by atoms with Crippen LogP contribution in [0.15, 0.2) is 41.1 Å². The molecule has 3 rings (SSSR count). The Labute approximate surface area is 108 Å². The standard InChI is InChI=1S/C14H12N2O3/c17-14(18)6-5-9-7-13(19-16-9)11-8-15-12-4-2-1-3-10(11)12/h1-4,7-8,15H,5-6H2,(H,17,18). The van der Waals surface area contributed by atoms with E-state index >= 15 is 0 Å². The Morgan fingerprint density at radius 2 is 2.21 bits per heavy atom. The van der Waals surface area contributed by atoms with Crippen LogP contribution < -0.4 is 0 Å². The van der Waals surface area contributed by atoms with Gasteiger partial charge in [0.05, 0.1) is 12.1 Å². The Kier molecular flexibility index (Phi) is 2.79. The van der Waals surface area contributed by atoms with Gasteiger partial charge in [-0.05, 0) is 6.07 Å². The highest BCUT2D eigenvalue weighted by Crippen LogP contribution is 2.28. The number of hydrogen-bond donors (Lipinski definition) is 2. The molecule has 3 aromatic rings. The van der Waals surface area contributed by atoms with Crippen molar-refractivity contribution in [3.05, 3.63) is 42.2 Å². The third-order valence-corrected chi connectivity index (χ3v) is 3.01. The molecule has 0 aliphatic carbocycles. The average molecular weight is 256 g/mol. The van der Waals surface area contributed by atoms with Crippen LogP contribution in [-0.2, 0) is 11.2 Å². The summed E-state index contributed by atoms with van der Waals surface area (Å²) in [7, 11) is 0. The minimum atomic E-state index is -0.836. The largest absolute Gasteiger partial charge is 0.481 e. The number of carboxylic acids is 1. The van der Waals surface area contributed by atoms with Gasteiger partial charge in [-0.25, -0.2) is 0 Å². The summed E-state index contributed by atoms with van der Waals surface area (Å²) in [5.74, 6) is -0.186. The Hall–Kier alpha value is -2.56. The topological polar surface area (TPSA) is 79.1 Å². The zero-order valence-electron chi connectivity index (χ0n) is 10.1. The van der Waals surface area contributed by atoms with Crippen LogP contribution in [0.2, 0.25) is 0 Å². The number of carboxylic acid groups (broad SMARTS) is 1. The van der Waals surface area contributed by atoms with E-state index in [1.807, 2.05) is 30.5 Å². The molecule has 0 saturated heterocycles. The maximum absolute atomic E-state index is 10.5. The van der Waals surface area contributed by atoms with Crippen molar-refractivity contribution in [3.8, 4) is 11.3 Å². The molecule has 0 aliphatic heterocycles. The van der Waals surface area contributed by atoms with E-state index in [1.165, 1.54) is 0 Å². The number of H-pyrrole nitrogens is 1. The second-order valence-electron chi connectivity index (χ2n) is 4.32. The highest BCUT2D eigenvalue weighted by atomic mass is 16.5. The second-order valence-corrected chi connectivity index (χ2v) is 4.32. The smallest absolute Gasteiger partial charge is 0.303 e. The first kappa shape index (κ1) is 11.5. The van der Waals surface area contributed by atoms with Crippen LogP contribution >= 0.6 is 0 Å². The van der Waals surface area contributed by atoms with Crippen LogP contribution in [0.4, 0.5) is 0 Å². The molecule has 0 unspecified atom stereocenters. The van der Waals surface area contributed by atoms with Crippen molar-refractivity contribution in [2.75, 3.05) is 0 Å². The van der Waals surface area contributed by atoms with Crippen molar-refractivity contribution in [1.29, 1.82) is 0 Å². The first-order valence-corrected chi connectivity index (χ1v) is 5.98. The lowest BCUT2D eigenvalue weighted by atomic mass is 10.1. The SMILES string of the molecule is O=C(O)CCc1cc(-c2c[nH]c3ccccc23)on1. The van der Waals surface area contributed by atoms with Crippen molar-refractivity contribution in [3.63, 3.8) is 0 Å². The molecule has 2 heterocycles. The van der Waals surface area contributed by atoms with Crippen molar-refractivity contribution < 1.29 is 14.4 Å². The predicted octanol–water partition coefficient (Wildman–Crippen LogP) is 2.84. The molecule has 0 bridgehead atoms. The van der Waals surface area contributed by atoms with Crippen LogP contribution in [0, 0.1) is 0 Å². The molecule has 5 heteroatoms. The molecule has 0 aliphatic rings. The average Bonchev–Trinajstić information content (AvgIpc) is 3.02. The minimum Gasteiger partial charge on any atom is -0.481 e. The van der Waals surface area contributed by atoms with Gasteiger partial charge in [0.2, 0.25) is 0 Å². The summed E-state index contributed by atoms with van der Waals surface area (Å²) >= 11 is 0. The van der Waals surface area contributed by atoms with Crippen molar-refractivity contribution in [2.45, 2.75) is 12.8 Å². The van der Waals surface area contributed by atoms with E-state index < -0.39 is 5.97 Å². The highest BCUT2D eigenvalue weighted by molar-refractivity contribution is 5.94. The normalized spacial score (nSPS) is 10.9. The van der Waals surface area contributed by atoms with Gasteiger partial charge in [-0.15, -0.1) is 0 Å². The number of rotatable bonds is 4. The van der Waals surface area contributed by atoms with Crippen molar-refractivity contribution in [1.82, 2.24) is 10.1 Å². The first-order chi connectivity index (χ1) is 9.24. The van der Waals surface area contributed by atoms with Gasteiger partial charge in [-0.1, -0.05) is 23.4 Å². The monoisotopic (exact) mass is 256 g/mol. The molecule has 5 nitrogen and oxygen atoms in total. The van der Waals surface area contributed by atoms with Crippen molar-refractivity contribution >= 4 is 16.9 Å². The summed E-state index contributed by atoms with van der Waals surface area (Å²) in [5.41, 5.74) is 2.62. The lowest BCUT2D eigenvalue weighted by Gasteiger charge is -1.91. The van der Waals surface area contributed by atoms with Gasteiger partial charge in [0.1, 0.15) is 0 Å². The number of aromatic amines is 1. The van der Waals surface area contributed by atoms with Gasteiger partial charge >= 0.3 is 5.97 Å². The maximum atomic E-state index is 10.5. The molecule has 0 saturated carbocycles. The molecule has 0 atom stereocenters. The van der Waals surface area contributed by atoms with Gasteiger partial charge in [0.15, 0.2) is 5.76 Å². The number of benzene rings is 1. The van der Waals surface area contributed by atoms with Gasteiger partial charge in [0.25, 0.3) is 0 Å². The summed E-state index contributed by atoms with van der Waals surface area (Å²) in [6.07, 6.45) is 2.30. The number of nitrogens with zero attached hydrogens (tertiary/aromatic N) is 1. The van der Waals surface area contributed by atoms with E-state index in [-0.39, 0.29) is 6.42 Å². The predicted molar refractivity (Wildman–Crippen MR) is 69.8 cm³/mol. The number of aromatic nitrogens is 2. The van der Waals surface area contributed by atoms with E-state index in [2.05, 4.69) is 10.1 Å². The summed E-state index contributed by atoms with van der Waals surface area (Å²) in [4.78, 5) is 13.7. The summed E-state index contributed by atoms with van der Waals surface area (Å²) in [6, 6.07) is 9.70. The zero-order chi connectivity index (χ0) is 13.2. The summed E-state index contributed by atoms with van der Waals surface area (Å²) in [5, 5.41) is 13.6. The van der Waals surface area contributed by atoms with Crippen LogP contribution in [-0.4, -0.2) is 21.2 Å². The van der Waals surface area contributed by atoms with E-state index in [1.54, 1.807) is 6.07 Å². The molecule has 1 aromatic carbocycles. The fraction of sp³-hybridized carbons (Fsp3) is 0.143. The van der Waals surface area contributed by atoms with Gasteiger partial charge in [0, 0.05) is 35.2 Å². The first-order valence-electron chi connectivity index (χ1n) is 5.98. The number of nitrogens with one attached hydrogen (secondary N) is 1. The number of aliphatic carboxylic acids is 1. The Balaban J connectivity index is 1.92. The number of para-hydroxylation sites is 1. The van der Waals surface area contributed by atoms with E-state index in [0.29, 0.717) is 17.9 Å². The number of aryl methyl sites for hydroxylation is 1. The Morgan fingerprint density at radius 1 is 1.37 bits per heavy atom. The number of fused-ring (bicyclic) bond motifs is 1. The Morgan fingerprint density at radius 3 is 3.05 bits per heavy atom. The van der Waals surface area contributed by atoms with Crippen molar-refractivity contribution in [2.24, 2.45) is 0 Å². The summed E-state index contributed by atoms with van der Waals surface area (Å²) in [6.45, 7) is 0. The molecule has 2 N–H and O–H groups in total. The van der Waals surface area contributed by atoms with E-state index in [0.717, 1.165) is 16.5 Å². The lowest BCUT2D eigenvalue weighted by Crippen LogP contribution is -1.97. The van der Waals surface area contributed by atoms with Gasteiger partial charge in [-0.3, -0.25) is 4.79 Å². The third-order valence-electron chi connectivity index (χ3n) is 3.01. The molecule has 96 valence electrons. The quantitative estimate of drug-likeness (QED) is 0.752. The molecule has 2 aromatic heterocycles. The van der Waals surface area contributed by atoms with Crippen LogP contribution in [0.5, 0.6) is 0 Å². The minimum absolute atomic E-state index is 0.0554. The molecular weight excluding hydrogens is 244 g/mol. The fourth-order valence-corrected chi connectivity index (χ4v) is 2.07. The van der Waals surface area contributed by atoms with Crippen LogP contribution in [0.1, 0.15) is 12.1 Å². The van der Waals surface area contributed by atoms with Gasteiger partial charge < -0.3 is 14.6 Å².